The fourth-order valence-electron chi connectivity index (χ4n) is 4.76. The molecule has 12 heteroatoms. The van der Waals surface area contributed by atoms with E-state index in [2.05, 4.69) is 16.3 Å². The maximum absolute atomic E-state index is 15.1. The lowest BCUT2D eigenvalue weighted by Crippen LogP contribution is -2.43. The molecule has 2 aliphatic rings. The Morgan fingerprint density at radius 3 is 2.81 bits per heavy atom. The van der Waals surface area contributed by atoms with Gasteiger partial charge in [0.15, 0.2) is 10.4 Å². The Balaban J connectivity index is 1.47. The monoisotopic (exact) mass is 545 g/mol. The van der Waals surface area contributed by atoms with Crippen LogP contribution in [0.3, 0.4) is 0 Å². The van der Waals surface area contributed by atoms with Crippen LogP contribution in [0.4, 0.5) is 14.7 Å². The summed E-state index contributed by atoms with van der Waals surface area (Å²) >= 11 is 7.34. The minimum Gasteiger partial charge on any atom is -0.367 e. The molecule has 3 aromatic heterocycles. The molecule has 1 aliphatic heterocycles. The molecular weight excluding hydrogens is 520 g/mol. The van der Waals surface area contributed by atoms with Crippen LogP contribution < -0.4 is 9.70 Å². The highest BCUT2D eigenvalue weighted by Crippen LogP contribution is 2.37. The van der Waals surface area contributed by atoms with Crippen molar-refractivity contribution in [2.75, 3.05) is 31.7 Å². The maximum atomic E-state index is 15.1. The molecule has 0 bridgehead atoms. The second-order valence-electron chi connectivity index (χ2n) is 9.42. The average Bonchev–Trinajstić information content (AvgIpc) is 3.50. The van der Waals surface area contributed by atoms with Crippen molar-refractivity contribution in [3.63, 3.8) is 0 Å². The van der Waals surface area contributed by atoms with E-state index in [1.165, 1.54) is 17.4 Å². The van der Waals surface area contributed by atoms with Gasteiger partial charge in [0.25, 0.3) is 0 Å². The van der Waals surface area contributed by atoms with Crippen molar-refractivity contribution in [3.8, 4) is 11.3 Å². The number of ether oxygens (including phenoxy) is 1. The van der Waals surface area contributed by atoms with Gasteiger partial charge in [0.2, 0.25) is 5.95 Å². The summed E-state index contributed by atoms with van der Waals surface area (Å²) in [5.41, 5.74) is 2.26. The highest BCUT2D eigenvalue weighted by Gasteiger charge is 2.32. The summed E-state index contributed by atoms with van der Waals surface area (Å²) in [5.74, 6) is -0.0563. The van der Waals surface area contributed by atoms with Gasteiger partial charge in [-0.1, -0.05) is 22.9 Å². The number of benzene rings is 1. The van der Waals surface area contributed by atoms with Gasteiger partial charge in [0.05, 0.1) is 37.1 Å². The lowest BCUT2D eigenvalue weighted by atomic mass is 10.1. The van der Waals surface area contributed by atoms with E-state index in [0.29, 0.717) is 56.5 Å². The van der Waals surface area contributed by atoms with E-state index in [1.54, 1.807) is 23.7 Å². The normalized spacial score (nSPS) is 20.8. The zero-order chi connectivity index (χ0) is 25.7. The molecule has 8 nitrogen and oxygen atoms in total. The molecule has 4 heterocycles. The summed E-state index contributed by atoms with van der Waals surface area (Å²) in [4.78, 5) is 16.7. The van der Waals surface area contributed by atoms with Crippen molar-refractivity contribution < 1.29 is 13.5 Å². The fraction of sp³-hybridized carbons (Fsp3) is 0.440. The standard InChI is InChI=1S/C25H26ClF2N7OS/c1-14-11-33(13-20(36-14)15-10-30-35(12-15)17-4-5-17)24-31-21(18-6-3-16(26)9-19(18)28)22-23(32-24)34(8-7-27)25(29-2)37-22/h3,6,9-10,12,14,17,20H,4-5,7-8,11,13H2,1-2H3. The average molecular weight is 546 g/mol. The van der Waals surface area contributed by atoms with Gasteiger partial charge in [-0.2, -0.15) is 10.1 Å². The van der Waals surface area contributed by atoms with Crippen molar-refractivity contribution in [1.82, 2.24) is 24.3 Å². The molecule has 2 atom stereocenters. The zero-order valence-corrected chi connectivity index (χ0v) is 22.0. The summed E-state index contributed by atoms with van der Waals surface area (Å²) in [5, 5.41) is 4.82. The minimum atomic E-state index is -0.579. The molecule has 0 N–H and O–H groups in total. The number of hydrogen-bond donors (Lipinski definition) is 0. The lowest BCUT2D eigenvalue weighted by molar-refractivity contribution is -0.0178. The summed E-state index contributed by atoms with van der Waals surface area (Å²) in [6, 6.07) is 4.99. The second-order valence-corrected chi connectivity index (χ2v) is 10.8. The van der Waals surface area contributed by atoms with Crippen molar-refractivity contribution in [3.05, 3.63) is 51.8 Å². The molecule has 1 aromatic carbocycles. The molecule has 4 aromatic rings. The number of fused-ring (bicyclic) bond motifs is 1. The molecule has 0 amide bonds. The quantitative estimate of drug-likeness (QED) is 0.343. The van der Waals surface area contributed by atoms with Crippen LogP contribution >= 0.6 is 22.9 Å². The molecule has 2 unspecified atom stereocenters. The number of rotatable bonds is 6. The number of thiazole rings is 1. The van der Waals surface area contributed by atoms with E-state index in [4.69, 9.17) is 26.3 Å². The molecule has 1 saturated carbocycles. The Kier molecular flexibility index (Phi) is 6.46. The van der Waals surface area contributed by atoms with Crippen LogP contribution in [-0.4, -0.2) is 57.2 Å². The Morgan fingerprint density at radius 2 is 2.08 bits per heavy atom. The van der Waals surface area contributed by atoms with Gasteiger partial charge in [-0.05, 0) is 38.0 Å². The van der Waals surface area contributed by atoms with Gasteiger partial charge >= 0.3 is 0 Å². The topological polar surface area (TPSA) is 73.4 Å². The summed E-state index contributed by atoms with van der Waals surface area (Å²) < 4.78 is 39.3. The van der Waals surface area contributed by atoms with Gasteiger partial charge < -0.3 is 9.64 Å². The Hall–Kier alpha value is -2.89. The smallest absolute Gasteiger partial charge is 0.228 e. The number of hydrogen-bond acceptors (Lipinski definition) is 7. The van der Waals surface area contributed by atoms with Gasteiger partial charge in [-0.3, -0.25) is 14.2 Å². The number of morpholine rings is 1. The molecule has 194 valence electrons. The first-order chi connectivity index (χ1) is 17.9. The van der Waals surface area contributed by atoms with Crippen LogP contribution in [0.5, 0.6) is 0 Å². The van der Waals surface area contributed by atoms with E-state index in [-0.39, 0.29) is 18.8 Å². The molecule has 0 spiro atoms. The van der Waals surface area contributed by atoms with Crippen molar-refractivity contribution in [2.45, 2.75) is 44.6 Å². The van der Waals surface area contributed by atoms with Crippen LogP contribution in [-0.2, 0) is 11.3 Å². The molecule has 0 radical (unpaired) electrons. The van der Waals surface area contributed by atoms with Crippen LogP contribution in [0.25, 0.3) is 21.6 Å². The van der Waals surface area contributed by atoms with E-state index < -0.39 is 12.5 Å². The first-order valence-electron chi connectivity index (χ1n) is 12.2. The van der Waals surface area contributed by atoms with E-state index in [1.807, 2.05) is 22.7 Å². The van der Waals surface area contributed by atoms with E-state index >= 15 is 4.39 Å². The third-order valence-corrected chi connectivity index (χ3v) is 8.06. The predicted molar refractivity (Wildman–Crippen MR) is 139 cm³/mol. The molecule has 1 aliphatic carbocycles. The minimum absolute atomic E-state index is 0.0914. The number of nitrogens with zero attached hydrogens (tertiary/aromatic N) is 7. The van der Waals surface area contributed by atoms with Crippen molar-refractivity contribution in [2.24, 2.45) is 4.99 Å². The highest BCUT2D eigenvalue weighted by atomic mass is 35.5. The summed E-state index contributed by atoms with van der Waals surface area (Å²) in [6.45, 7) is 2.58. The number of aryl methyl sites for hydroxylation is 1. The van der Waals surface area contributed by atoms with E-state index in [0.717, 1.165) is 18.4 Å². The first-order valence-corrected chi connectivity index (χ1v) is 13.4. The van der Waals surface area contributed by atoms with E-state index in [9.17, 15) is 4.39 Å². The van der Waals surface area contributed by atoms with Crippen molar-refractivity contribution in [1.29, 1.82) is 0 Å². The molecule has 37 heavy (non-hydrogen) atoms. The third kappa shape index (κ3) is 4.64. The number of halogens is 3. The third-order valence-electron chi connectivity index (χ3n) is 6.66. The van der Waals surface area contributed by atoms with Crippen LogP contribution in [0.2, 0.25) is 5.02 Å². The molecular formula is C25H26ClF2N7OS. The van der Waals surface area contributed by atoms with Crippen LogP contribution in [0.1, 0.15) is 37.5 Å². The van der Waals surface area contributed by atoms with Gasteiger partial charge in [0.1, 0.15) is 23.3 Å². The Labute approximate surface area is 221 Å². The largest absolute Gasteiger partial charge is 0.367 e. The predicted octanol–water partition coefficient (Wildman–Crippen LogP) is 4.95. The van der Waals surface area contributed by atoms with Gasteiger partial charge in [-0.15, -0.1) is 0 Å². The Bertz CT molecular complexity index is 1530. The first kappa shape index (κ1) is 24.4. The highest BCUT2D eigenvalue weighted by molar-refractivity contribution is 7.16. The fourth-order valence-corrected chi connectivity index (χ4v) is 5.98. The number of aromatic nitrogens is 5. The van der Waals surface area contributed by atoms with Crippen molar-refractivity contribution >= 4 is 39.2 Å². The Morgan fingerprint density at radius 1 is 1.24 bits per heavy atom. The summed E-state index contributed by atoms with van der Waals surface area (Å²) in [6.07, 6.45) is 5.91. The number of anilines is 1. The zero-order valence-electron chi connectivity index (χ0n) is 20.4. The second kappa shape index (κ2) is 9.77. The molecule has 2 fully saturated rings. The maximum Gasteiger partial charge on any atom is 0.228 e. The molecule has 6 rings (SSSR count). The SMILES string of the molecule is CN=c1sc2c(-c3ccc(Cl)cc3F)nc(N3CC(C)OC(c4cnn(C5CC5)c4)C3)nc2n1CCF. The lowest BCUT2D eigenvalue weighted by Gasteiger charge is -2.36. The molecule has 1 saturated heterocycles. The number of alkyl halides is 1. The van der Waals surface area contributed by atoms with Gasteiger partial charge in [0, 0.05) is 35.9 Å². The van der Waals surface area contributed by atoms with Gasteiger partial charge in [-0.25, -0.2) is 13.8 Å². The van der Waals surface area contributed by atoms with Crippen LogP contribution in [0.15, 0.2) is 35.6 Å². The van der Waals surface area contributed by atoms with Crippen LogP contribution in [0, 0.1) is 5.82 Å². The summed E-state index contributed by atoms with van der Waals surface area (Å²) in [7, 11) is 1.65.